The van der Waals surface area contributed by atoms with E-state index in [1.807, 2.05) is 47.0 Å². The standard InChI is InChI=1S/C28H32N8O3/c1-39-21-8-4-6-18(16-21)26-35-22-17-19(27(38)33-15-12-20-7-2-3-13-32-20)10-11-23(22)36(26)24(25(29)37)9-5-14-34-28(30)31/h2-4,6-8,10-11,13,16-17,24H,5,9,12,14-15H2,1H3,(H2,29,37)(H,33,38)(H4,30,31,34). The fraction of sp³-hybridized carbons (Fsp3) is 0.250. The zero-order valence-electron chi connectivity index (χ0n) is 21.7. The summed E-state index contributed by atoms with van der Waals surface area (Å²) in [5.74, 6) is 0.284. The van der Waals surface area contributed by atoms with Gasteiger partial charge in [-0.2, -0.15) is 0 Å². The number of hydrogen-bond donors (Lipinski definition) is 5. The Morgan fingerprint density at radius 1 is 1.05 bits per heavy atom. The van der Waals surface area contributed by atoms with Crippen LogP contribution in [0.1, 0.15) is 34.9 Å². The average Bonchev–Trinajstić information content (AvgIpc) is 3.31. The molecule has 0 radical (unpaired) electrons. The van der Waals surface area contributed by atoms with Gasteiger partial charge >= 0.3 is 0 Å². The van der Waals surface area contributed by atoms with Crippen LogP contribution in [0.5, 0.6) is 5.75 Å². The number of amides is 2. The molecule has 1 unspecified atom stereocenters. The number of primary amides is 1. The maximum absolute atomic E-state index is 12.9. The van der Waals surface area contributed by atoms with Gasteiger partial charge in [-0.25, -0.2) is 4.98 Å². The van der Waals surface area contributed by atoms with Crippen molar-refractivity contribution >= 4 is 28.8 Å². The molecular formula is C28H32N8O3. The molecule has 2 aromatic heterocycles. The van der Waals surface area contributed by atoms with Gasteiger partial charge in [0.1, 0.15) is 17.6 Å². The molecule has 11 heteroatoms. The number of nitrogens with zero attached hydrogens (tertiary/aromatic N) is 3. The van der Waals surface area contributed by atoms with E-state index in [9.17, 15) is 9.59 Å². The fourth-order valence-corrected chi connectivity index (χ4v) is 4.39. The van der Waals surface area contributed by atoms with E-state index in [0.717, 1.165) is 11.3 Å². The van der Waals surface area contributed by atoms with Gasteiger partial charge in [-0.3, -0.25) is 20.0 Å². The van der Waals surface area contributed by atoms with Crippen molar-refractivity contribution in [3.8, 4) is 17.1 Å². The number of benzene rings is 2. The molecule has 2 aromatic carbocycles. The Hall–Kier alpha value is -4.93. The van der Waals surface area contributed by atoms with Crippen molar-refractivity contribution in [2.24, 2.45) is 11.5 Å². The van der Waals surface area contributed by atoms with Crippen molar-refractivity contribution in [3.05, 3.63) is 78.1 Å². The first kappa shape index (κ1) is 27.1. The maximum Gasteiger partial charge on any atom is 0.251 e. The topological polar surface area (TPSA) is 174 Å². The maximum atomic E-state index is 12.9. The number of carbonyl (C=O) groups is 2. The van der Waals surface area contributed by atoms with E-state index in [2.05, 4.69) is 15.6 Å². The number of aromatic nitrogens is 3. The minimum Gasteiger partial charge on any atom is -0.497 e. The van der Waals surface area contributed by atoms with Crippen molar-refractivity contribution in [3.63, 3.8) is 0 Å². The van der Waals surface area contributed by atoms with Crippen molar-refractivity contribution in [1.29, 1.82) is 5.41 Å². The first-order valence-corrected chi connectivity index (χ1v) is 12.6. The molecule has 0 saturated carbocycles. The molecule has 0 aliphatic carbocycles. The van der Waals surface area contributed by atoms with E-state index in [1.165, 1.54) is 0 Å². The van der Waals surface area contributed by atoms with E-state index in [4.69, 9.17) is 26.6 Å². The largest absolute Gasteiger partial charge is 0.497 e. The molecule has 0 aliphatic heterocycles. The smallest absolute Gasteiger partial charge is 0.251 e. The highest BCUT2D eigenvalue weighted by molar-refractivity contribution is 5.98. The third-order valence-electron chi connectivity index (χ3n) is 6.28. The summed E-state index contributed by atoms with van der Waals surface area (Å²) in [6.45, 7) is 0.860. The molecule has 11 nitrogen and oxygen atoms in total. The predicted octanol–water partition coefficient (Wildman–Crippen LogP) is 2.37. The minimum absolute atomic E-state index is 0.137. The molecule has 2 amide bonds. The Morgan fingerprint density at radius 3 is 2.62 bits per heavy atom. The van der Waals surface area contributed by atoms with Crippen molar-refractivity contribution in [2.45, 2.75) is 25.3 Å². The summed E-state index contributed by atoms with van der Waals surface area (Å²) in [7, 11) is 1.58. The van der Waals surface area contributed by atoms with Gasteiger partial charge in [0.15, 0.2) is 5.96 Å². The van der Waals surface area contributed by atoms with Crippen LogP contribution in [0.25, 0.3) is 22.4 Å². The van der Waals surface area contributed by atoms with Gasteiger partial charge in [0.2, 0.25) is 5.91 Å². The number of imidazole rings is 1. The first-order chi connectivity index (χ1) is 18.9. The second-order valence-corrected chi connectivity index (χ2v) is 8.97. The monoisotopic (exact) mass is 528 g/mol. The van der Waals surface area contributed by atoms with Gasteiger partial charge in [0.05, 0.1) is 18.1 Å². The molecule has 202 valence electrons. The number of methoxy groups -OCH3 is 1. The van der Waals surface area contributed by atoms with E-state index in [0.29, 0.717) is 60.5 Å². The lowest BCUT2D eigenvalue weighted by Crippen LogP contribution is -2.32. The Balaban J connectivity index is 1.66. The molecule has 0 fully saturated rings. The SMILES string of the molecule is COc1cccc(-c2nc3cc(C(=O)NCCc4ccccn4)ccc3n2C(CCCNC(=N)N)C(N)=O)c1. The van der Waals surface area contributed by atoms with Crippen LogP contribution >= 0.6 is 0 Å². The Labute approximate surface area is 226 Å². The van der Waals surface area contributed by atoms with E-state index >= 15 is 0 Å². The molecule has 7 N–H and O–H groups in total. The molecular weight excluding hydrogens is 496 g/mol. The van der Waals surface area contributed by atoms with Crippen LogP contribution in [0.2, 0.25) is 0 Å². The lowest BCUT2D eigenvalue weighted by molar-refractivity contribution is -0.121. The summed E-state index contributed by atoms with van der Waals surface area (Å²) in [5, 5.41) is 13.0. The van der Waals surface area contributed by atoms with Crippen LogP contribution in [0.4, 0.5) is 0 Å². The summed E-state index contributed by atoms with van der Waals surface area (Å²) in [4.78, 5) is 34.7. The van der Waals surface area contributed by atoms with Crippen molar-refractivity contribution in [2.75, 3.05) is 20.2 Å². The molecule has 0 aliphatic rings. The van der Waals surface area contributed by atoms with Crippen LogP contribution in [0, 0.1) is 5.41 Å². The summed E-state index contributed by atoms with van der Waals surface area (Å²) in [6, 6.07) is 17.5. The van der Waals surface area contributed by atoms with Crippen LogP contribution in [0.15, 0.2) is 66.9 Å². The molecule has 0 saturated heterocycles. The molecule has 39 heavy (non-hydrogen) atoms. The lowest BCUT2D eigenvalue weighted by atomic mass is 10.1. The molecule has 0 spiro atoms. The zero-order chi connectivity index (χ0) is 27.8. The van der Waals surface area contributed by atoms with Crippen LogP contribution in [0.3, 0.4) is 0 Å². The highest BCUT2D eigenvalue weighted by atomic mass is 16.5. The van der Waals surface area contributed by atoms with Crippen LogP contribution in [-0.2, 0) is 11.2 Å². The molecule has 1 atom stereocenters. The number of nitrogens with one attached hydrogen (secondary N) is 3. The second-order valence-electron chi connectivity index (χ2n) is 8.97. The van der Waals surface area contributed by atoms with Gasteiger partial charge in [-0.15, -0.1) is 0 Å². The number of guanidine groups is 1. The van der Waals surface area contributed by atoms with E-state index in [-0.39, 0.29) is 11.9 Å². The number of pyridine rings is 1. The quantitative estimate of drug-likeness (QED) is 0.107. The van der Waals surface area contributed by atoms with Crippen LogP contribution in [-0.4, -0.2) is 52.5 Å². The van der Waals surface area contributed by atoms with Gasteiger partial charge < -0.3 is 31.4 Å². The van der Waals surface area contributed by atoms with E-state index < -0.39 is 11.9 Å². The number of fused-ring (bicyclic) bond motifs is 1. The zero-order valence-corrected chi connectivity index (χ0v) is 21.7. The van der Waals surface area contributed by atoms with Gasteiger partial charge in [0, 0.05) is 42.5 Å². The highest BCUT2D eigenvalue weighted by Gasteiger charge is 2.25. The summed E-state index contributed by atoms with van der Waals surface area (Å²) in [5.41, 5.74) is 14.6. The van der Waals surface area contributed by atoms with Crippen molar-refractivity contribution < 1.29 is 14.3 Å². The molecule has 4 aromatic rings. The lowest BCUT2D eigenvalue weighted by Gasteiger charge is -2.19. The summed E-state index contributed by atoms with van der Waals surface area (Å²) >= 11 is 0. The van der Waals surface area contributed by atoms with Crippen LogP contribution < -0.4 is 26.8 Å². The third kappa shape index (κ3) is 6.69. The van der Waals surface area contributed by atoms with Crippen molar-refractivity contribution in [1.82, 2.24) is 25.2 Å². The second kappa shape index (κ2) is 12.5. The normalized spacial score (nSPS) is 11.6. The fourth-order valence-electron chi connectivity index (χ4n) is 4.39. The summed E-state index contributed by atoms with van der Waals surface area (Å²) in [6.07, 6.45) is 3.28. The Morgan fingerprint density at radius 2 is 1.90 bits per heavy atom. The Kier molecular flexibility index (Phi) is 8.72. The average molecular weight is 529 g/mol. The third-order valence-corrected chi connectivity index (χ3v) is 6.28. The van der Waals surface area contributed by atoms with Gasteiger partial charge in [0.25, 0.3) is 5.91 Å². The minimum atomic E-state index is -0.719. The Bertz CT molecular complexity index is 1470. The predicted molar refractivity (Wildman–Crippen MR) is 149 cm³/mol. The number of nitrogens with two attached hydrogens (primary N) is 2. The summed E-state index contributed by atoms with van der Waals surface area (Å²) < 4.78 is 7.20. The molecule has 2 heterocycles. The number of ether oxygens (including phenoxy) is 1. The molecule has 4 rings (SSSR count). The molecule has 0 bridgehead atoms. The highest BCUT2D eigenvalue weighted by Crippen LogP contribution is 2.32. The number of rotatable bonds is 12. The first-order valence-electron chi connectivity index (χ1n) is 12.6. The number of hydrogen-bond acceptors (Lipinski definition) is 6. The van der Waals surface area contributed by atoms with Gasteiger partial charge in [-0.1, -0.05) is 18.2 Å². The van der Waals surface area contributed by atoms with Gasteiger partial charge in [-0.05, 0) is 55.3 Å². The number of carbonyl (C=O) groups excluding carboxylic acids is 2. The van der Waals surface area contributed by atoms with E-state index in [1.54, 1.807) is 31.5 Å².